The number of amidine groups is 1. The number of carbonyl (C=O) groups is 1. The van der Waals surface area contributed by atoms with Crippen LogP contribution in [0.2, 0.25) is 0 Å². The van der Waals surface area contributed by atoms with Crippen molar-refractivity contribution in [3.8, 4) is 0 Å². The Balaban J connectivity index is 2.45. The summed E-state index contributed by atoms with van der Waals surface area (Å²) in [5, 5.41) is 6.36. The normalized spacial score (nSPS) is 20.3. The molecule has 1 fully saturated rings. The summed E-state index contributed by atoms with van der Waals surface area (Å²) in [6.45, 7) is 0. The molecule has 0 atom stereocenters. The summed E-state index contributed by atoms with van der Waals surface area (Å²) in [7, 11) is 0. The van der Waals surface area contributed by atoms with E-state index in [0.29, 0.717) is 12.3 Å². The fraction of sp³-hybridized carbons (Fsp3) is 0.400. The van der Waals surface area contributed by atoms with Crippen molar-refractivity contribution in [2.24, 2.45) is 10.8 Å². The van der Waals surface area contributed by atoms with Crippen LogP contribution in [0.1, 0.15) is 6.42 Å². The van der Waals surface area contributed by atoms with Crippen LogP contribution < -0.4 is 16.5 Å². The second kappa shape index (κ2) is 4.27. The Morgan fingerprint density at radius 1 is 1.83 bits per heavy atom. The molecule has 0 aromatic carbocycles. The molecule has 66 valence electrons. The van der Waals surface area contributed by atoms with E-state index in [2.05, 4.69) is 28.1 Å². The maximum absolute atomic E-state index is 10.8. The molecule has 4 N–H and O–H groups in total. The van der Waals surface area contributed by atoms with Gasteiger partial charge in [-0.05, 0) is 12.2 Å². The first-order chi connectivity index (χ1) is 5.68. The molecule has 0 aromatic rings. The lowest BCUT2D eigenvalue weighted by molar-refractivity contribution is 0.264. The fourth-order valence-electron chi connectivity index (χ4n) is 0.663. The fourth-order valence-corrected chi connectivity index (χ4v) is 1.38. The van der Waals surface area contributed by atoms with Crippen molar-refractivity contribution in [1.82, 2.24) is 10.7 Å². The minimum atomic E-state index is -0.0928. The minimum absolute atomic E-state index is 0.0926. The van der Waals surface area contributed by atoms with E-state index >= 15 is 0 Å². The van der Waals surface area contributed by atoms with Crippen LogP contribution in [-0.4, -0.2) is 21.9 Å². The van der Waals surface area contributed by atoms with Gasteiger partial charge in [0.2, 0.25) is 0 Å². The summed E-state index contributed by atoms with van der Waals surface area (Å²) in [4.78, 5) is 10.8. The summed E-state index contributed by atoms with van der Waals surface area (Å²) in [5.41, 5.74) is 7.55. The highest BCUT2D eigenvalue weighted by atomic mass is 32.2. The maximum atomic E-state index is 10.8. The van der Waals surface area contributed by atoms with Gasteiger partial charge in [-0.1, -0.05) is 11.8 Å². The third-order valence-corrected chi connectivity index (χ3v) is 1.98. The smallest absolute Gasteiger partial charge is 0.284 e. The Morgan fingerprint density at radius 3 is 3.17 bits per heavy atom. The van der Waals surface area contributed by atoms with Gasteiger partial charge in [-0.2, -0.15) is 5.10 Å². The molecular weight excluding hydrogens is 196 g/mol. The van der Waals surface area contributed by atoms with E-state index in [4.69, 9.17) is 5.73 Å². The Kier molecular flexibility index (Phi) is 3.30. The topological polar surface area (TPSA) is 79.5 Å². The first kappa shape index (κ1) is 9.27. The standard InChI is InChI=1S/C5H8N4OS2/c6-4(11)9-8-3-1-2-12-5(10)7-3/h1-2H2,(H3,6,9,11)(H,7,8,10). The quantitative estimate of drug-likeness (QED) is 0.413. The van der Waals surface area contributed by atoms with Crippen molar-refractivity contribution >= 4 is 40.2 Å². The van der Waals surface area contributed by atoms with E-state index in [9.17, 15) is 4.79 Å². The second-order valence-electron chi connectivity index (χ2n) is 2.05. The first-order valence-corrected chi connectivity index (χ1v) is 4.63. The van der Waals surface area contributed by atoms with Crippen LogP contribution in [0.5, 0.6) is 0 Å². The van der Waals surface area contributed by atoms with Gasteiger partial charge in [-0.3, -0.25) is 10.2 Å². The van der Waals surface area contributed by atoms with E-state index < -0.39 is 0 Å². The van der Waals surface area contributed by atoms with E-state index in [1.54, 1.807) is 0 Å². The SMILES string of the molecule is NC(=S)N/N=C1/CCSC(=O)N1. The number of nitrogens with zero attached hydrogens (tertiary/aromatic N) is 1. The van der Waals surface area contributed by atoms with E-state index in [1.165, 1.54) is 11.8 Å². The second-order valence-corrected chi connectivity index (χ2v) is 3.55. The summed E-state index contributed by atoms with van der Waals surface area (Å²) in [6.07, 6.45) is 0.714. The number of hydrazone groups is 1. The van der Waals surface area contributed by atoms with Crippen LogP contribution in [0, 0.1) is 0 Å². The molecule has 1 rings (SSSR count). The molecule has 0 bridgehead atoms. The highest BCUT2D eigenvalue weighted by Gasteiger charge is 2.13. The number of amides is 1. The largest absolute Gasteiger partial charge is 0.375 e. The number of nitrogens with two attached hydrogens (primary N) is 1. The van der Waals surface area contributed by atoms with Gasteiger partial charge in [-0.25, -0.2) is 0 Å². The average Bonchev–Trinajstić information content (AvgIpc) is 2.01. The van der Waals surface area contributed by atoms with Gasteiger partial charge in [-0.15, -0.1) is 0 Å². The van der Waals surface area contributed by atoms with Gasteiger partial charge in [0.15, 0.2) is 5.11 Å². The monoisotopic (exact) mass is 204 g/mol. The number of hydrogen-bond donors (Lipinski definition) is 3. The molecule has 1 heterocycles. The van der Waals surface area contributed by atoms with Crippen LogP contribution in [0.4, 0.5) is 4.79 Å². The molecule has 5 nitrogen and oxygen atoms in total. The van der Waals surface area contributed by atoms with Gasteiger partial charge < -0.3 is 11.1 Å². The minimum Gasteiger partial charge on any atom is -0.375 e. The first-order valence-electron chi connectivity index (χ1n) is 3.24. The number of thioether (sulfide) groups is 1. The van der Waals surface area contributed by atoms with Crippen molar-refractivity contribution in [2.45, 2.75) is 6.42 Å². The molecule has 0 radical (unpaired) electrons. The lowest BCUT2D eigenvalue weighted by atomic mass is 10.4. The molecular formula is C5H8N4OS2. The van der Waals surface area contributed by atoms with Crippen LogP contribution >= 0.6 is 24.0 Å². The van der Waals surface area contributed by atoms with Gasteiger partial charge in [0.1, 0.15) is 5.84 Å². The number of nitrogens with one attached hydrogen (secondary N) is 2. The van der Waals surface area contributed by atoms with Crippen molar-refractivity contribution in [2.75, 3.05) is 5.75 Å². The molecule has 12 heavy (non-hydrogen) atoms. The molecule has 7 heteroatoms. The van der Waals surface area contributed by atoms with Crippen molar-refractivity contribution in [3.63, 3.8) is 0 Å². The van der Waals surface area contributed by atoms with Crippen LogP contribution in [0.25, 0.3) is 0 Å². The number of hydrogen-bond acceptors (Lipinski definition) is 4. The van der Waals surface area contributed by atoms with Crippen molar-refractivity contribution in [3.05, 3.63) is 0 Å². The summed E-state index contributed by atoms with van der Waals surface area (Å²) >= 11 is 5.77. The third-order valence-electron chi connectivity index (χ3n) is 1.12. The Hall–Kier alpha value is -0.820. The van der Waals surface area contributed by atoms with Gasteiger partial charge in [0.05, 0.1) is 0 Å². The molecule has 0 aromatic heterocycles. The molecule has 1 saturated heterocycles. The third kappa shape index (κ3) is 3.05. The predicted molar refractivity (Wildman–Crippen MR) is 53.0 cm³/mol. The van der Waals surface area contributed by atoms with Gasteiger partial charge in [0.25, 0.3) is 5.24 Å². The highest BCUT2D eigenvalue weighted by Crippen LogP contribution is 2.09. The average molecular weight is 204 g/mol. The van der Waals surface area contributed by atoms with Crippen LogP contribution in [0.3, 0.4) is 0 Å². The zero-order chi connectivity index (χ0) is 8.97. The van der Waals surface area contributed by atoms with Gasteiger partial charge >= 0.3 is 0 Å². The molecule has 1 amide bonds. The molecule has 1 aliphatic rings. The zero-order valence-corrected chi connectivity index (χ0v) is 7.80. The van der Waals surface area contributed by atoms with E-state index in [-0.39, 0.29) is 10.4 Å². The lowest BCUT2D eigenvalue weighted by Gasteiger charge is -2.12. The molecule has 1 aliphatic heterocycles. The number of carbonyl (C=O) groups excluding carboxylic acids is 1. The summed E-state index contributed by atoms with van der Waals surface area (Å²) < 4.78 is 0. The lowest BCUT2D eigenvalue weighted by Crippen LogP contribution is -2.35. The van der Waals surface area contributed by atoms with Gasteiger partial charge in [0, 0.05) is 12.2 Å². The number of rotatable bonds is 1. The van der Waals surface area contributed by atoms with E-state index in [1.807, 2.05) is 0 Å². The number of thiocarbonyl (C=S) groups is 1. The molecule has 0 spiro atoms. The summed E-state index contributed by atoms with van der Waals surface area (Å²) in [5.74, 6) is 1.32. The Bertz CT molecular complexity index is 240. The van der Waals surface area contributed by atoms with Crippen molar-refractivity contribution in [1.29, 1.82) is 0 Å². The van der Waals surface area contributed by atoms with Crippen LogP contribution in [0.15, 0.2) is 5.10 Å². The van der Waals surface area contributed by atoms with Crippen molar-refractivity contribution < 1.29 is 4.79 Å². The Morgan fingerprint density at radius 2 is 2.58 bits per heavy atom. The highest BCUT2D eigenvalue weighted by molar-refractivity contribution is 8.13. The predicted octanol–water partition coefficient (Wildman–Crippen LogP) is -0.0204. The van der Waals surface area contributed by atoms with E-state index in [0.717, 1.165) is 5.75 Å². The Labute approximate surface area is 79.1 Å². The molecule has 0 saturated carbocycles. The molecule has 0 unspecified atom stereocenters. The van der Waals surface area contributed by atoms with Crippen LogP contribution in [-0.2, 0) is 0 Å². The zero-order valence-electron chi connectivity index (χ0n) is 6.16. The summed E-state index contributed by atoms with van der Waals surface area (Å²) in [6, 6.07) is 0. The maximum Gasteiger partial charge on any atom is 0.284 e. The molecule has 0 aliphatic carbocycles.